The molecule has 4 heteroatoms. The van der Waals surface area contributed by atoms with E-state index in [0.717, 1.165) is 19.6 Å². The third-order valence-corrected chi connectivity index (χ3v) is 3.40. The highest BCUT2D eigenvalue weighted by atomic mass is 16.6. The molecular weight excluding hydrogens is 204 g/mol. The van der Waals surface area contributed by atoms with Crippen LogP contribution in [0.5, 0.6) is 0 Å². The molecule has 0 radical (unpaired) electrons. The number of ether oxygens (including phenoxy) is 1. The van der Waals surface area contributed by atoms with Gasteiger partial charge in [-0.15, -0.1) is 0 Å². The van der Waals surface area contributed by atoms with E-state index in [-0.39, 0.29) is 6.09 Å². The van der Waals surface area contributed by atoms with Crippen LogP contribution in [-0.4, -0.2) is 43.3 Å². The Kier molecular flexibility index (Phi) is 3.69. The lowest BCUT2D eigenvalue weighted by Gasteiger charge is -2.24. The minimum atomic E-state index is -0.134. The average molecular weight is 226 g/mol. The SMILES string of the molecule is CC(C)COC(=O)N1C[C@@H]2CCCN[C@@H]2C1. The van der Waals surface area contributed by atoms with Crippen LogP contribution in [0.4, 0.5) is 4.79 Å². The van der Waals surface area contributed by atoms with Crippen LogP contribution in [-0.2, 0) is 4.74 Å². The van der Waals surface area contributed by atoms with Gasteiger partial charge in [-0.3, -0.25) is 0 Å². The molecule has 0 bridgehead atoms. The second kappa shape index (κ2) is 5.04. The maximum atomic E-state index is 11.8. The summed E-state index contributed by atoms with van der Waals surface area (Å²) in [6.07, 6.45) is 2.34. The fraction of sp³-hybridized carbons (Fsp3) is 0.917. The van der Waals surface area contributed by atoms with E-state index in [1.165, 1.54) is 12.8 Å². The van der Waals surface area contributed by atoms with Crippen LogP contribution in [0.3, 0.4) is 0 Å². The van der Waals surface area contributed by atoms with Crippen molar-refractivity contribution < 1.29 is 9.53 Å². The van der Waals surface area contributed by atoms with Gasteiger partial charge in [-0.2, -0.15) is 0 Å². The molecule has 1 amide bonds. The highest BCUT2D eigenvalue weighted by molar-refractivity contribution is 5.68. The van der Waals surface area contributed by atoms with E-state index in [1.807, 2.05) is 4.90 Å². The van der Waals surface area contributed by atoms with E-state index in [0.29, 0.717) is 24.5 Å². The second-order valence-corrected chi connectivity index (χ2v) is 5.34. The smallest absolute Gasteiger partial charge is 0.409 e. The first-order chi connectivity index (χ1) is 7.66. The zero-order chi connectivity index (χ0) is 11.5. The first-order valence-corrected chi connectivity index (χ1v) is 6.32. The van der Waals surface area contributed by atoms with Gasteiger partial charge in [0.2, 0.25) is 0 Å². The monoisotopic (exact) mass is 226 g/mol. The molecular formula is C12H22N2O2. The molecule has 0 spiro atoms. The molecule has 4 nitrogen and oxygen atoms in total. The number of hydrogen-bond donors (Lipinski definition) is 1. The third-order valence-electron chi connectivity index (χ3n) is 3.40. The summed E-state index contributed by atoms with van der Waals surface area (Å²) in [4.78, 5) is 13.6. The van der Waals surface area contributed by atoms with Crippen molar-refractivity contribution in [1.82, 2.24) is 10.2 Å². The summed E-state index contributed by atoms with van der Waals surface area (Å²) < 4.78 is 5.25. The lowest BCUT2D eigenvalue weighted by Crippen LogP contribution is -2.41. The number of fused-ring (bicyclic) bond motifs is 1. The molecule has 92 valence electrons. The third kappa shape index (κ3) is 2.67. The van der Waals surface area contributed by atoms with Gasteiger partial charge in [0.25, 0.3) is 0 Å². The van der Waals surface area contributed by atoms with E-state index in [9.17, 15) is 4.79 Å². The van der Waals surface area contributed by atoms with Crippen molar-refractivity contribution in [3.63, 3.8) is 0 Å². The molecule has 1 N–H and O–H groups in total. The molecule has 0 aliphatic carbocycles. The standard InChI is InChI=1S/C12H22N2O2/c1-9(2)8-16-12(15)14-6-10-4-3-5-13-11(10)7-14/h9-11,13H,3-8H2,1-2H3/t10-,11+/m0/s1. The normalized spacial score (nSPS) is 29.3. The van der Waals surface area contributed by atoms with Gasteiger partial charge in [-0.1, -0.05) is 13.8 Å². The minimum Gasteiger partial charge on any atom is -0.449 e. The van der Waals surface area contributed by atoms with Crippen molar-refractivity contribution in [2.45, 2.75) is 32.7 Å². The van der Waals surface area contributed by atoms with Crippen LogP contribution in [0, 0.1) is 11.8 Å². The van der Waals surface area contributed by atoms with Crippen LogP contribution in [0.15, 0.2) is 0 Å². The second-order valence-electron chi connectivity index (χ2n) is 5.34. The van der Waals surface area contributed by atoms with Crippen molar-refractivity contribution >= 4 is 6.09 Å². The Morgan fingerprint density at radius 2 is 2.31 bits per heavy atom. The molecule has 2 heterocycles. The highest BCUT2D eigenvalue weighted by Crippen LogP contribution is 2.25. The quantitative estimate of drug-likeness (QED) is 0.775. The molecule has 0 aromatic carbocycles. The van der Waals surface area contributed by atoms with E-state index in [2.05, 4.69) is 19.2 Å². The molecule has 0 unspecified atom stereocenters. The molecule has 0 saturated carbocycles. The van der Waals surface area contributed by atoms with Gasteiger partial charge in [0.05, 0.1) is 6.61 Å². The molecule has 2 aliphatic heterocycles. The topological polar surface area (TPSA) is 41.6 Å². The van der Waals surface area contributed by atoms with Gasteiger partial charge < -0.3 is 15.0 Å². The lowest BCUT2D eigenvalue weighted by atomic mass is 9.94. The van der Waals surface area contributed by atoms with Gasteiger partial charge in [0.15, 0.2) is 0 Å². The van der Waals surface area contributed by atoms with Crippen LogP contribution in [0.25, 0.3) is 0 Å². The first-order valence-electron chi connectivity index (χ1n) is 6.32. The summed E-state index contributed by atoms with van der Waals surface area (Å²) in [5, 5.41) is 3.48. The summed E-state index contributed by atoms with van der Waals surface area (Å²) in [6, 6.07) is 0.500. The molecule has 2 saturated heterocycles. The summed E-state index contributed by atoms with van der Waals surface area (Å²) >= 11 is 0. The summed E-state index contributed by atoms with van der Waals surface area (Å²) in [5.74, 6) is 1.05. The average Bonchev–Trinajstić information content (AvgIpc) is 2.69. The number of hydrogen-bond acceptors (Lipinski definition) is 3. The van der Waals surface area contributed by atoms with Crippen molar-refractivity contribution in [2.75, 3.05) is 26.2 Å². The first kappa shape index (κ1) is 11.7. The van der Waals surface area contributed by atoms with Crippen molar-refractivity contribution in [2.24, 2.45) is 11.8 Å². The summed E-state index contributed by atoms with van der Waals surface area (Å²) in [7, 11) is 0. The predicted molar refractivity (Wildman–Crippen MR) is 62.3 cm³/mol. The largest absolute Gasteiger partial charge is 0.449 e. The summed E-state index contributed by atoms with van der Waals surface area (Å²) in [5.41, 5.74) is 0. The molecule has 16 heavy (non-hydrogen) atoms. The maximum Gasteiger partial charge on any atom is 0.409 e. The van der Waals surface area contributed by atoms with Crippen molar-refractivity contribution in [3.8, 4) is 0 Å². The Hall–Kier alpha value is -0.770. The number of carbonyl (C=O) groups is 1. The van der Waals surface area contributed by atoms with Gasteiger partial charge >= 0.3 is 6.09 Å². The number of likely N-dealkylation sites (tertiary alicyclic amines) is 1. The lowest BCUT2D eigenvalue weighted by molar-refractivity contribution is 0.0981. The number of nitrogens with zero attached hydrogens (tertiary/aromatic N) is 1. The van der Waals surface area contributed by atoms with E-state index >= 15 is 0 Å². The van der Waals surface area contributed by atoms with Gasteiger partial charge in [0.1, 0.15) is 0 Å². The predicted octanol–water partition coefficient (Wildman–Crippen LogP) is 1.46. The molecule has 2 atom stereocenters. The Labute approximate surface area is 97.3 Å². The maximum absolute atomic E-state index is 11.8. The van der Waals surface area contributed by atoms with Crippen molar-refractivity contribution in [3.05, 3.63) is 0 Å². The zero-order valence-electron chi connectivity index (χ0n) is 10.2. The molecule has 2 fully saturated rings. The fourth-order valence-electron chi connectivity index (χ4n) is 2.53. The fourth-order valence-corrected chi connectivity index (χ4v) is 2.53. The number of carbonyl (C=O) groups excluding carboxylic acids is 1. The number of piperidine rings is 1. The molecule has 0 aromatic rings. The molecule has 0 aromatic heterocycles. The Morgan fingerprint density at radius 1 is 1.50 bits per heavy atom. The Morgan fingerprint density at radius 3 is 3.00 bits per heavy atom. The van der Waals surface area contributed by atoms with E-state index in [1.54, 1.807) is 0 Å². The van der Waals surface area contributed by atoms with Gasteiger partial charge in [0, 0.05) is 19.1 Å². The van der Waals surface area contributed by atoms with E-state index in [4.69, 9.17) is 4.74 Å². The Bertz CT molecular complexity index is 241. The minimum absolute atomic E-state index is 0.134. The van der Waals surface area contributed by atoms with Crippen molar-refractivity contribution in [1.29, 1.82) is 0 Å². The zero-order valence-corrected chi connectivity index (χ0v) is 10.2. The Balaban J connectivity index is 1.80. The van der Waals surface area contributed by atoms with E-state index < -0.39 is 0 Å². The van der Waals surface area contributed by atoms with Gasteiger partial charge in [-0.25, -0.2) is 4.79 Å². The number of nitrogens with one attached hydrogen (secondary N) is 1. The van der Waals surface area contributed by atoms with Crippen LogP contribution >= 0.6 is 0 Å². The number of amides is 1. The molecule has 2 aliphatic rings. The number of rotatable bonds is 2. The van der Waals surface area contributed by atoms with Gasteiger partial charge in [-0.05, 0) is 31.2 Å². The van der Waals surface area contributed by atoms with Crippen LogP contribution in [0.1, 0.15) is 26.7 Å². The highest BCUT2D eigenvalue weighted by Gasteiger charge is 2.36. The van der Waals surface area contributed by atoms with Crippen LogP contribution < -0.4 is 5.32 Å². The van der Waals surface area contributed by atoms with Crippen LogP contribution in [0.2, 0.25) is 0 Å². The summed E-state index contributed by atoms with van der Waals surface area (Å²) in [6.45, 7) is 7.42. The molecule has 2 rings (SSSR count).